The van der Waals surface area contributed by atoms with E-state index in [-0.39, 0.29) is 34.8 Å². The number of carbonyl (C=O) groups is 1. The second-order valence-corrected chi connectivity index (χ2v) is 8.30. The van der Waals surface area contributed by atoms with Crippen molar-refractivity contribution >= 4 is 11.6 Å². The van der Waals surface area contributed by atoms with Gasteiger partial charge in [0.25, 0.3) is 5.91 Å². The third-order valence-electron chi connectivity index (χ3n) is 5.25. The Labute approximate surface area is 182 Å². The SMILES string of the molecule is CC(C)=CCOc1c(C)cc(O)c2c1C(=O)Nc1c(CC=C(C)C)ccc(O)c1[C@@H]2O. The van der Waals surface area contributed by atoms with Crippen molar-refractivity contribution in [3.8, 4) is 17.2 Å². The highest BCUT2D eigenvalue weighted by atomic mass is 16.5. The Hall–Kier alpha value is -3.25. The van der Waals surface area contributed by atoms with Crippen LogP contribution >= 0.6 is 0 Å². The number of hydrogen-bond acceptors (Lipinski definition) is 5. The molecule has 1 aliphatic rings. The fourth-order valence-electron chi connectivity index (χ4n) is 3.66. The number of aryl methyl sites for hydroxylation is 1. The van der Waals surface area contributed by atoms with Gasteiger partial charge in [-0.1, -0.05) is 23.3 Å². The summed E-state index contributed by atoms with van der Waals surface area (Å²) in [5, 5.41) is 35.2. The Morgan fingerprint density at radius 3 is 2.39 bits per heavy atom. The maximum Gasteiger partial charge on any atom is 0.259 e. The second kappa shape index (κ2) is 8.86. The molecule has 0 saturated heterocycles. The van der Waals surface area contributed by atoms with Crippen LogP contribution < -0.4 is 10.1 Å². The highest BCUT2D eigenvalue weighted by Crippen LogP contribution is 2.47. The lowest BCUT2D eigenvalue weighted by atomic mass is 9.92. The van der Waals surface area contributed by atoms with Gasteiger partial charge < -0.3 is 25.4 Å². The van der Waals surface area contributed by atoms with Gasteiger partial charge >= 0.3 is 0 Å². The van der Waals surface area contributed by atoms with Crippen LogP contribution in [0.25, 0.3) is 0 Å². The lowest BCUT2D eigenvalue weighted by Gasteiger charge is -2.20. The minimum atomic E-state index is -1.41. The van der Waals surface area contributed by atoms with Gasteiger partial charge in [0.1, 0.15) is 30.0 Å². The van der Waals surface area contributed by atoms with E-state index in [1.807, 2.05) is 39.8 Å². The molecule has 2 aromatic carbocycles. The third-order valence-corrected chi connectivity index (χ3v) is 5.25. The predicted molar refractivity (Wildman–Crippen MR) is 121 cm³/mol. The van der Waals surface area contributed by atoms with Gasteiger partial charge in [0.2, 0.25) is 0 Å². The number of carbonyl (C=O) groups excluding carboxylic acids is 1. The predicted octanol–water partition coefficient (Wildman–Crippen LogP) is 4.91. The Morgan fingerprint density at radius 2 is 1.74 bits per heavy atom. The van der Waals surface area contributed by atoms with Crippen LogP contribution in [-0.4, -0.2) is 27.8 Å². The number of aliphatic hydroxyl groups is 1. The molecule has 1 aliphatic heterocycles. The molecule has 3 rings (SSSR count). The molecule has 0 radical (unpaired) electrons. The number of phenols is 2. The summed E-state index contributed by atoms with van der Waals surface area (Å²) in [6.07, 6.45) is 2.98. The molecular weight excluding hydrogens is 394 g/mol. The Balaban J connectivity index is 2.21. The number of ether oxygens (including phenoxy) is 1. The first-order chi connectivity index (χ1) is 14.6. The molecule has 0 bridgehead atoms. The molecule has 6 nitrogen and oxygen atoms in total. The van der Waals surface area contributed by atoms with Crippen molar-refractivity contribution in [2.24, 2.45) is 0 Å². The highest BCUT2D eigenvalue weighted by Gasteiger charge is 2.35. The molecule has 1 atom stereocenters. The number of nitrogens with one attached hydrogen (secondary N) is 1. The molecule has 0 fully saturated rings. The normalized spacial score (nSPS) is 14.6. The average molecular weight is 424 g/mol. The molecule has 6 heteroatoms. The second-order valence-electron chi connectivity index (χ2n) is 8.30. The molecule has 0 aliphatic carbocycles. The number of allylic oxidation sites excluding steroid dienone is 3. The fraction of sp³-hybridized carbons (Fsp3) is 0.320. The van der Waals surface area contributed by atoms with Crippen LogP contribution in [0.15, 0.2) is 41.5 Å². The molecule has 164 valence electrons. The average Bonchev–Trinajstić information content (AvgIpc) is 2.78. The van der Waals surface area contributed by atoms with Crippen LogP contribution in [0.5, 0.6) is 17.2 Å². The van der Waals surface area contributed by atoms with E-state index in [4.69, 9.17) is 4.74 Å². The van der Waals surface area contributed by atoms with Crippen molar-refractivity contribution in [2.75, 3.05) is 11.9 Å². The number of aliphatic hydroxyl groups excluding tert-OH is 1. The maximum absolute atomic E-state index is 13.3. The summed E-state index contributed by atoms with van der Waals surface area (Å²) in [4.78, 5) is 13.3. The molecule has 31 heavy (non-hydrogen) atoms. The van der Waals surface area contributed by atoms with Crippen molar-refractivity contribution in [3.05, 3.63) is 69.3 Å². The standard InChI is InChI=1S/C25H29NO5/c1-13(2)6-7-16-8-9-17(27)20-22(16)26-25(30)21-19(23(20)29)18(28)12-15(5)24(21)31-11-10-14(3)4/h6,8-10,12,23,27-29H,7,11H2,1-5H3,(H,26,30)/t23-/m1/s1. The molecule has 1 amide bonds. The van der Waals surface area contributed by atoms with Crippen molar-refractivity contribution in [2.45, 2.75) is 47.1 Å². The number of anilines is 1. The summed E-state index contributed by atoms with van der Waals surface area (Å²) in [7, 11) is 0. The van der Waals surface area contributed by atoms with E-state index in [9.17, 15) is 20.1 Å². The molecule has 0 saturated carbocycles. The van der Waals surface area contributed by atoms with E-state index in [1.165, 1.54) is 12.1 Å². The molecule has 1 heterocycles. The van der Waals surface area contributed by atoms with Gasteiger partial charge in [0.15, 0.2) is 0 Å². The number of hydrogen-bond donors (Lipinski definition) is 4. The lowest BCUT2D eigenvalue weighted by molar-refractivity contribution is 0.102. The van der Waals surface area contributed by atoms with Crippen LogP contribution in [0.1, 0.15) is 66.4 Å². The quantitative estimate of drug-likeness (QED) is 0.512. The number of benzene rings is 2. The number of phenolic OH excluding ortho intramolecular Hbond substituents is 2. The van der Waals surface area contributed by atoms with Gasteiger partial charge in [-0.05, 0) is 70.4 Å². The summed E-state index contributed by atoms with van der Waals surface area (Å²) < 4.78 is 5.88. The van der Waals surface area contributed by atoms with Gasteiger partial charge in [0, 0.05) is 5.56 Å². The lowest BCUT2D eigenvalue weighted by Crippen LogP contribution is -2.16. The number of rotatable bonds is 5. The Morgan fingerprint density at radius 1 is 1.06 bits per heavy atom. The molecule has 4 N–H and O–H groups in total. The van der Waals surface area contributed by atoms with Gasteiger partial charge in [0.05, 0.1) is 16.8 Å². The fourth-order valence-corrected chi connectivity index (χ4v) is 3.66. The maximum atomic E-state index is 13.3. The first-order valence-electron chi connectivity index (χ1n) is 10.2. The van der Waals surface area contributed by atoms with E-state index in [1.54, 1.807) is 13.0 Å². The van der Waals surface area contributed by atoms with Crippen molar-refractivity contribution < 1.29 is 24.9 Å². The molecule has 0 aromatic heterocycles. The summed E-state index contributed by atoms with van der Waals surface area (Å²) in [6.45, 7) is 9.80. The zero-order valence-corrected chi connectivity index (χ0v) is 18.5. The molecule has 0 unspecified atom stereocenters. The van der Waals surface area contributed by atoms with Gasteiger partial charge in [-0.3, -0.25) is 4.79 Å². The molecule has 2 aromatic rings. The van der Waals surface area contributed by atoms with Gasteiger partial charge in [-0.2, -0.15) is 0 Å². The summed E-state index contributed by atoms with van der Waals surface area (Å²) in [6, 6.07) is 4.67. The topological polar surface area (TPSA) is 99.0 Å². The zero-order chi connectivity index (χ0) is 22.9. The van der Waals surface area contributed by atoms with E-state index in [2.05, 4.69) is 5.32 Å². The first kappa shape index (κ1) is 22.4. The van der Waals surface area contributed by atoms with Gasteiger partial charge in [-0.15, -0.1) is 0 Å². The summed E-state index contributed by atoms with van der Waals surface area (Å²) in [5.41, 5.74) is 4.07. The number of amides is 1. The largest absolute Gasteiger partial charge is 0.508 e. The van der Waals surface area contributed by atoms with Gasteiger partial charge in [-0.25, -0.2) is 0 Å². The molecule has 0 spiro atoms. The molecular formula is C25H29NO5. The van der Waals surface area contributed by atoms with Crippen LogP contribution in [0.3, 0.4) is 0 Å². The summed E-state index contributed by atoms with van der Waals surface area (Å²) in [5.74, 6) is -0.613. The van der Waals surface area contributed by atoms with Crippen molar-refractivity contribution in [1.82, 2.24) is 0 Å². The highest BCUT2D eigenvalue weighted by molar-refractivity contribution is 6.10. The van der Waals surface area contributed by atoms with Crippen molar-refractivity contribution in [1.29, 1.82) is 0 Å². The summed E-state index contributed by atoms with van der Waals surface area (Å²) >= 11 is 0. The van der Waals surface area contributed by atoms with Crippen LogP contribution in [0, 0.1) is 6.92 Å². The Bertz CT molecular complexity index is 1090. The van der Waals surface area contributed by atoms with E-state index >= 15 is 0 Å². The van der Waals surface area contributed by atoms with Crippen LogP contribution in [0.4, 0.5) is 5.69 Å². The first-order valence-corrected chi connectivity index (χ1v) is 10.2. The zero-order valence-electron chi connectivity index (χ0n) is 18.5. The van der Waals surface area contributed by atoms with E-state index in [0.717, 1.165) is 16.7 Å². The monoisotopic (exact) mass is 423 g/mol. The van der Waals surface area contributed by atoms with Crippen LogP contribution in [-0.2, 0) is 6.42 Å². The smallest absolute Gasteiger partial charge is 0.259 e. The van der Waals surface area contributed by atoms with Crippen molar-refractivity contribution in [3.63, 3.8) is 0 Å². The Kier molecular flexibility index (Phi) is 6.41. The van der Waals surface area contributed by atoms with E-state index in [0.29, 0.717) is 23.4 Å². The minimum absolute atomic E-state index is 0.0173. The van der Waals surface area contributed by atoms with E-state index < -0.39 is 12.0 Å². The minimum Gasteiger partial charge on any atom is -0.508 e. The third kappa shape index (κ3) is 4.44. The van der Waals surface area contributed by atoms with Crippen LogP contribution in [0.2, 0.25) is 0 Å². The number of fused-ring (bicyclic) bond motifs is 2. The number of aromatic hydroxyl groups is 2.